The van der Waals surface area contributed by atoms with Gasteiger partial charge in [0.1, 0.15) is 5.75 Å². The quantitative estimate of drug-likeness (QED) is 0.840. The van der Waals surface area contributed by atoms with Crippen molar-refractivity contribution in [3.63, 3.8) is 0 Å². The van der Waals surface area contributed by atoms with E-state index in [1.165, 1.54) is 6.42 Å². The van der Waals surface area contributed by atoms with Crippen LogP contribution in [0.25, 0.3) is 0 Å². The fourth-order valence-electron chi connectivity index (χ4n) is 2.94. The molecule has 1 aromatic carbocycles. The summed E-state index contributed by atoms with van der Waals surface area (Å²) in [6.45, 7) is 8.35. The number of hydrogen-bond acceptors (Lipinski definition) is 4. The molecule has 1 fully saturated rings. The van der Waals surface area contributed by atoms with Crippen LogP contribution in [-0.4, -0.2) is 49.5 Å². The number of rotatable bonds is 7. The van der Waals surface area contributed by atoms with Crippen LogP contribution in [0.1, 0.15) is 25.8 Å². The van der Waals surface area contributed by atoms with Crippen LogP contribution >= 0.6 is 0 Å². The van der Waals surface area contributed by atoms with Gasteiger partial charge in [0, 0.05) is 13.1 Å². The monoisotopic (exact) mass is 307 g/mol. The molecular weight excluding hydrogens is 278 g/mol. The maximum Gasteiger partial charge on any atom is 0.119 e. The molecular formula is C18H29NO3. The summed E-state index contributed by atoms with van der Waals surface area (Å²) in [5.41, 5.74) is 1.06. The summed E-state index contributed by atoms with van der Waals surface area (Å²) in [5.74, 6) is 2.33. The van der Waals surface area contributed by atoms with E-state index in [4.69, 9.17) is 9.47 Å². The Morgan fingerprint density at radius 1 is 1.32 bits per heavy atom. The van der Waals surface area contributed by atoms with Crippen molar-refractivity contribution in [2.45, 2.75) is 33.0 Å². The topological polar surface area (TPSA) is 41.9 Å². The Hall–Kier alpha value is -1.10. The zero-order chi connectivity index (χ0) is 15.9. The lowest BCUT2D eigenvalue weighted by molar-refractivity contribution is -0.000318. The third-order valence-electron chi connectivity index (χ3n) is 4.60. The van der Waals surface area contributed by atoms with Gasteiger partial charge in [0.05, 0.1) is 26.4 Å². The number of methoxy groups -OCH3 is 1. The highest BCUT2D eigenvalue weighted by Crippen LogP contribution is 2.22. The number of ether oxygens (including phenoxy) is 2. The number of β-amino-alcohol motifs (C(OH)–C–C–N with tert-alkyl or cyclic N) is 1. The number of hydrogen-bond donors (Lipinski definition) is 1. The summed E-state index contributed by atoms with van der Waals surface area (Å²) in [4.78, 5) is 2.35. The smallest absolute Gasteiger partial charge is 0.119 e. The van der Waals surface area contributed by atoms with Crippen molar-refractivity contribution in [3.8, 4) is 5.75 Å². The van der Waals surface area contributed by atoms with Gasteiger partial charge in [-0.1, -0.05) is 26.0 Å². The molecule has 0 amide bonds. The predicted octanol–water partition coefficient (Wildman–Crippen LogP) is 2.55. The molecule has 1 aliphatic rings. The predicted molar refractivity (Wildman–Crippen MR) is 88.0 cm³/mol. The third kappa shape index (κ3) is 5.27. The minimum Gasteiger partial charge on any atom is -0.497 e. The van der Waals surface area contributed by atoms with Crippen LogP contribution < -0.4 is 4.74 Å². The van der Waals surface area contributed by atoms with Crippen molar-refractivity contribution in [1.82, 2.24) is 4.90 Å². The van der Waals surface area contributed by atoms with Crippen LogP contribution in [-0.2, 0) is 11.3 Å². The van der Waals surface area contributed by atoms with Crippen molar-refractivity contribution >= 4 is 0 Å². The zero-order valence-electron chi connectivity index (χ0n) is 14.0. The Morgan fingerprint density at radius 3 is 2.86 bits per heavy atom. The van der Waals surface area contributed by atoms with Gasteiger partial charge in [-0.05, 0) is 42.5 Å². The van der Waals surface area contributed by atoms with E-state index in [2.05, 4.69) is 18.7 Å². The van der Waals surface area contributed by atoms with Gasteiger partial charge in [-0.15, -0.1) is 0 Å². The van der Waals surface area contributed by atoms with E-state index in [0.717, 1.165) is 30.3 Å². The molecule has 1 saturated heterocycles. The van der Waals surface area contributed by atoms with Crippen molar-refractivity contribution < 1.29 is 14.6 Å². The summed E-state index contributed by atoms with van der Waals surface area (Å²) in [6.07, 6.45) is 0.796. The molecule has 1 N–H and O–H groups in total. The van der Waals surface area contributed by atoms with E-state index in [1.807, 2.05) is 24.3 Å². The number of benzene rings is 1. The Labute approximate surface area is 134 Å². The highest BCUT2D eigenvalue weighted by atomic mass is 16.5. The molecule has 22 heavy (non-hydrogen) atoms. The minimum atomic E-state index is -0.425. The van der Waals surface area contributed by atoms with E-state index < -0.39 is 6.10 Å². The van der Waals surface area contributed by atoms with Crippen LogP contribution in [0.15, 0.2) is 24.3 Å². The van der Waals surface area contributed by atoms with Crippen molar-refractivity contribution in [2.24, 2.45) is 11.8 Å². The van der Waals surface area contributed by atoms with Gasteiger partial charge < -0.3 is 19.5 Å². The first-order valence-corrected chi connectivity index (χ1v) is 8.19. The molecule has 0 aromatic heterocycles. The molecule has 124 valence electrons. The summed E-state index contributed by atoms with van der Waals surface area (Å²) < 4.78 is 10.8. The molecule has 3 atom stereocenters. The number of aliphatic hydroxyl groups excluding tert-OH is 1. The van der Waals surface area contributed by atoms with E-state index in [1.54, 1.807) is 7.11 Å². The minimum absolute atomic E-state index is 0.373. The highest BCUT2D eigenvalue weighted by Gasteiger charge is 2.23. The van der Waals surface area contributed by atoms with Gasteiger partial charge >= 0.3 is 0 Å². The first-order valence-electron chi connectivity index (χ1n) is 8.19. The molecule has 2 rings (SSSR count). The van der Waals surface area contributed by atoms with Gasteiger partial charge in [-0.25, -0.2) is 0 Å². The average Bonchev–Trinajstić information content (AvgIpc) is 2.51. The van der Waals surface area contributed by atoms with Gasteiger partial charge in [0.2, 0.25) is 0 Å². The fourth-order valence-corrected chi connectivity index (χ4v) is 2.94. The van der Waals surface area contributed by atoms with Gasteiger partial charge in [0.15, 0.2) is 0 Å². The Morgan fingerprint density at radius 2 is 2.14 bits per heavy atom. The van der Waals surface area contributed by atoms with E-state index >= 15 is 0 Å². The maximum atomic E-state index is 10.1. The first-order chi connectivity index (χ1) is 10.6. The average molecular weight is 307 g/mol. The number of aliphatic hydroxyl groups is 1. The van der Waals surface area contributed by atoms with Gasteiger partial charge in [0.25, 0.3) is 0 Å². The van der Waals surface area contributed by atoms with Gasteiger partial charge in [-0.2, -0.15) is 0 Å². The summed E-state index contributed by atoms with van der Waals surface area (Å²) in [5, 5.41) is 10.1. The van der Waals surface area contributed by atoms with Crippen LogP contribution in [0.2, 0.25) is 0 Å². The summed E-state index contributed by atoms with van der Waals surface area (Å²) >= 11 is 0. The number of piperidine rings is 1. The van der Waals surface area contributed by atoms with Crippen molar-refractivity contribution in [1.29, 1.82) is 0 Å². The highest BCUT2D eigenvalue weighted by molar-refractivity contribution is 5.27. The molecule has 0 bridgehead atoms. The molecule has 0 aliphatic carbocycles. The number of nitrogens with zero attached hydrogens (tertiary/aromatic N) is 1. The Balaban J connectivity index is 1.68. The molecule has 0 saturated carbocycles. The molecule has 0 radical (unpaired) electrons. The van der Waals surface area contributed by atoms with E-state index in [-0.39, 0.29) is 0 Å². The molecule has 4 heteroatoms. The normalized spacial score (nSPS) is 24.2. The Kier molecular flexibility index (Phi) is 6.68. The largest absolute Gasteiger partial charge is 0.497 e. The first kappa shape index (κ1) is 17.3. The van der Waals surface area contributed by atoms with Crippen LogP contribution in [0, 0.1) is 11.8 Å². The van der Waals surface area contributed by atoms with E-state index in [9.17, 15) is 5.11 Å². The molecule has 3 unspecified atom stereocenters. The molecule has 1 heterocycles. The molecule has 0 spiro atoms. The van der Waals surface area contributed by atoms with Gasteiger partial charge in [-0.3, -0.25) is 0 Å². The van der Waals surface area contributed by atoms with E-state index in [0.29, 0.717) is 25.7 Å². The van der Waals surface area contributed by atoms with Crippen molar-refractivity contribution in [3.05, 3.63) is 29.8 Å². The van der Waals surface area contributed by atoms with Crippen LogP contribution in [0.5, 0.6) is 5.75 Å². The molecule has 1 aliphatic heterocycles. The number of likely N-dealkylation sites (tertiary alicyclic amines) is 1. The lowest BCUT2D eigenvalue weighted by Gasteiger charge is -2.36. The van der Waals surface area contributed by atoms with Crippen LogP contribution in [0.4, 0.5) is 0 Å². The second-order valence-electron chi connectivity index (χ2n) is 6.52. The molecule has 1 aromatic rings. The SMILES string of the molecule is COc1cccc(COCC(O)CN2CCC(C)C(C)C2)c1. The third-order valence-corrected chi connectivity index (χ3v) is 4.60. The summed E-state index contributed by atoms with van der Waals surface area (Å²) in [7, 11) is 1.66. The second-order valence-corrected chi connectivity index (χ2v) is 6.52. The second kappa shape index (κ2) is 8.51. The maximum absolute atomic E-state index is 10.1. The Bertz CT molecular complexity index is 452. The van der Waals surface area contributed by atoms with Crippen molar-refractivity contribution in [2.75, 3.05) is 33.4 Å². The fraction of sp³-hybridized carbons (Fsp3) is 0.667. The molecule has 4 nitrogen and oxygen atoms in total. The standard InChI is InChI=1S/C18H29NO3/c1-14-7-8-19(10-15(14)2)11-17(20)13-22-12-16-5-4-6-18(9-16)21-3/h4-6,9,14-15,17,20H,7-8,10-13H2,1-3H3. The lowest BCUT2D eigenvalue weighted by Crippen LogP contribution is -2.43. The zero-order valence-corrected chi connectivity index (χ0v) is 14.0. The lowest BCUT2D eigenvalue weighted by atomic mass is 9.88. The van der Waals surface area contributed by atoms with Crippen LogP contribution in [0.3, 0.4) is 0 Å². The summed E-state index contributed by atoms with van der Waals surface area (Å²) in [6, 6.07) is 7.82.